The highest BCUT2D eigenvalue weighted by molar-refractivity contribution is 6.27. The summed E-state index contributed by atoms with van der Waals surface area (Å²) in [5.74, 6) is 0. The summed E-state index contributed by atoms with van der Waals surface area (Å²) in [5, 5.41) is 31.7. The predicted octanol–water partition coefficient (Wildman–Crippen LogP) is 35.9. The SMILES string of the molecule is Cc1ccc2c(-c3ccccc3)c3ccccc3c(-c3ccc4oc5cc6ccccc6cc5c4c3)c2c1.c1ccc(-c2c3ccccc3c(-c3ccc4oc5cc6ccccc6cc5c4c3)c3cc(-c4ccc5ccccc5c4)ccc23)cc1.c1ccc(-c2ccc3c(-c4ccccc4)c4ccccc4c(-c4ccc5oc6cc7ccccc7cc6c5c4)c3c2)cc1. The zero-order valence-corrected chi connectivity index (χ0v) is 70.0. The van der Waals surface area contributed by atoms with Gasteiger partial charge in [0, 0.05) is 32.3 Å². The van der Waals surface area contributed by atoms with Gasteiger partial charge >= 0.3 is 0 Å². The number of aryl methyl sites for hydroxylation is 1. The van der Waals surface area contributed by atoms with Gasteiger partial charge in [-0.25, -0.2) is 0 Å². The Labute approximate surface area is 738 Å². The molecule has 0 saturated heterocycles. The second kappa shape index (κ2) is 30.4. The van der Waals surface area contributed by atoms with Gasteiger partial charge in [-0.15, -0.1) is 0 Å². The zero-order chi connectivity index (χ0) is 84.4. The molecule has 27 aromatic rings. The Balaban J connectivity index is 0.000000105. The first kappa shape index (κ1) is 74.0. The molecule has 24 aromatic carbocycles. The van der Waals surface area contributed by atoms with Crippen molar-refractivity contribution in [3.8, 4) is 89.0 Å². The molecule has 0 bridgehead atoms. The number of hydrogen-bond acceptors (Lipinski definition) is 3. The minimum Gasteiger partial charge on any atom is -0.456 e. The summed E-state index contributed by atoms with van der Waals surface area (Å²) in [4.78, 5) is 0. The molecule has 0 aliphatic rings. The van der Waals surface area contributed by atoms with Gasteiger partial charge in [0.2, 0.25) is 0 Å². The van der Waals surface area contributed by atoms with Crippen molar-refractivity contribution >= 4 is 174 Å². The number of hydrogen-bond donors (Lipinski definition) is 0. The predicted molar refractivity (Wildman–Crippen MR) is 544 cm³/mol. The van der Waals surface area contributed by atoms with Crippen molar-refractivity contribution in [3.05, 3.63) is 461 Å². The molecule has 3 heteroatoms. The molecule has 0 amide bonds. The Morgan fingerprint density at radius 3 is 0.695 bits per heavy atom. The van der Waals surface area contributed by atoms with Gasteiger partial charge in [-0.3, -0.25) is 0 Å². The van der Waals surface area contributed by atoms with Gasteiger partial charge in [0.1, 0.15) is 33.5 Å². The van der Waals surface area contributed by atoms with Crippen LogP contribution >= 0.6 is 0 Å². The van der Waals surface area contributed by atoms with E-state index in [9.17, 15) is 0 Å². The average Bonchev–Trinajstić information content (AvgIpc) is 1.02. The standard InChI is InChI=1S/C46H28O.C42H26O.C37H24O/c1-2-11-30(12-3-1)45-37-16-8-9-17-38(37)46(42-26-35(20-22-39(42)45)34-19-18-29-10-4-5-13-31(29)24-34)36-21-23-43-40(27-36)41-25-32-14-6-7-15-33(32)28-44(41)47-43;1-3-11-27(12-4-1)31-19-21-35-38(24-31)42(34-18-10-9-17-33(34)41(35)28-13-5-2-6-14-28)32-20-22-39-36(25-32)37-23-29-15-7-8-16-30(29)26-40(37)43-39;1-23-15-17-30-33(19-23)37(29-14-8-7-13-28(29)36(30)24-9-3-2-4-10-24)27-16-18-34-31(21-27)32-20-25-11-5-6-12-26(25)22-35(32)38-34/h1-28H;1-26H;2-22H,1H3. The molecule has 0 atom stereocenters. The fraction of sp³-hybridized carbons (Fsp3) is 0.00800. The summed E-state index contributed by atoms with van der Waals surface area (Å²) in [6.45, 7) is 2.18. The van der Waals surface area contributed by atoms with Crippen LogP contribution in [-0.4, -0.2) is 0 Å². The normalized spacial score (nSPS) is 11.8. The van der Waals surface area contributed by atoms with Gasteiger partial charge in [-0.05, 0) is 295 Å². The minimum absolute atomic E-state index is 0.908. The van der Waals surface area contributed by atoms with Gasteiger partial charge in [-0.1, -0.05) is 370 Å². The van der Waals surface area contributed by atoms with Crippen molar-refractivity contribution < 1.29 is 13.3 Å². The Bertz CT molecular complexity index is 9190. The number of fused-ring (bicyclic) bond motifs is 19. The molecule has 0 aliphatic carbocycles. The monoisotopic (exact) mass is 1630 g/mol. The molecular weight excluding hydrogens is 1550 g/mol. The van der Waals surface area contributed by atoms with Crippen LogP contribution in [0, 0.1) is 6.92 Å². The molecule has 128 heavy (non-hydrogen) atoms. The molecule has 0 N–H and O–H groups in total. The topological polar surface area (TPSA) is 39.4 Å². The van der Waals surface area contributed by atoms with E-state index in [1.807, 2.05) is 0 Å². The maximum Gasteiger partial charge on any atom is 0.136 e. The maximum atomic E-state index is 6.42. The Hall–Kier alpha value is -16.7. The first-order valence-corrected chi connectivity index (χ1v) is 44.0. The van der Waals surface area contributed by atoms with Crippen LogP contribution in [0.2, 0.25) is 0 Å². The number of furan rings is 3. The van der Waals surface area contributed by atoms with Crippen molar-refractivity contribution in [2.45, 2.75) is 6.92 Å². The third kappa shape index (κ3) is 12.6. The molecular formula is C125H78O3. The molecule has 27 rings (SSSR count). The molecule has 0 spiro atoms. The van der Waals surface area contributed by atoms with Crippen LogP contribution in [0.15, 0.2) is 468 Å². The van der Waals surface area contributed by atoms with E-state index in [0.717, 1.165) is 65.8 Å². The van der Waals surface area contributed by atoms with Crippen LogP contribution in [0.1, 0.15) is 5.56 Å². The van der Waals surface area contributed by atoms with Crippen molar-refractivity contribution in [2.75, 3.05) is 0 Å². The van der Waals surface area contributed by atoms with E-state index in [-0.39, 0.29) is 0 Å². The fourth-order valence-corrected chi connectivity index (χ4v) is 20.5. The van der Waals surface area contributed by atoms with Crippen LogP contribution in [0.4, 0.5) is 0 Å². The molecule has 0 unspecified atom stereocenters. The Kier molecular flexibility index (Phi) is 17.5. The van der Waals surface area contributed by atoms with E-state index >= 15 is 0 Å². The molecule has 0 saturated carbocycles. The molecule has 596 valence electrons. The fourth-order valence-electron chi connectivity index (χ4n) is 20.5. The Morgan fingerprint density at radius 2 is 0.344 bits per heavy atom. The maximum absolute atomic E-state index is 6.42. The molecule has 3 nitrogen and oxygen atoms in total. The first-order valence-electron chi connectivity index (χ1n) is 44.0. The summed E-state index contributed by atoms with van der Waals surface area (Å²) in [7, 11) is 0. The van der Waals surface area contributed by atoms with Gasteiger partial charge in [-0.2, -0.15) is 0 Å². The summed E-state index contributed by atoms with van der Waals surface area (Å²) >= 11 is 0. The lowest BCUT2D eigenvalue weighted by Gasteiger charge is -2.19. The van der Waals surface area contributed by atoms with Gasteiger partial charge in [0.15, 0.2) is 0 Å². The van der Waals surface area contributed by atoms with Gasteiger partial charge in [0.05, 0.1) is 0 Å². The summed E-state index contributed by atoms with van der Waals surface area (Å²) in [6.07, 6.45) is 0. The van der Waals surface area contributed by atoms with Gasteiger partial charge in [0.25, 0.3) is 0 Å². The summed E-state index contributed by atoms with van der Waals surface area (Å²) in [6, 6.07) is 165. The molecule has 3 aromatic heterocycles. The Morgan fingerprint density at radius 1 is 0.117 bits per heavy atom. The van der Waals surface area contributed by atoms with Gasteiger partial charge < -0.3 is 13.3 Å². The van der Waals surface area contributed by atoms with Crippen LogP contribution in [0.5, 0.6) is 0 Å². The third-order valence-electron chi connectivity index (χ3n) is 26.5. The van der Waals surface area contributed by atoms with Crippen molar-refractivity contribution in [1.82, 2.24) is 0 Å². The van der Waals surface area contributed by atoms with E-state index < -0.39 is 0 Å². The van der Waals surface area contributed by atoms with E-state index in [1.165, 1.54) is 202 Å². The largest absolute Gasteiger partial charge is 0.456 e. The van der Waals surface area contributed by atoms with Crippen LogP contribution in [0.3, 0.4) is 0 Å². The lowest BCUT2D eigenvalue weighted by Crippen LogP contribution is -1.92. The van der Waals surface area contributed by atoms with E-state index in [0.29, 0.717) is 0 Å². The second-order valence-corrected chi connectivity index (χ2v) is 34.0. The first-order chi connectivity index (χ1) is 63.3. The highest BCUT2D eigenvalue weighted by atomic mass is 16.3. The van der Waals surface area contributed by atoms with Crippen LogP contribution in [-0.2, 0) is 0 Å². The second-order valence-electron chi connectivity index (χ2n) is 34.0. The number of rotatable bonds is 8. The zero-order valence-electron chi connectivity index (χ0n) is 70.0. The van der Waals surface area contributed by atoms with Crippen LogP contribution < -0.4 is 0 Å². The lowest BCUT2D eigenvalue weighted by molar-refractivity contribution is 0.669. The quantitative estimate of drug-likeness (QED) is 0.142. The summed E-state index contributed by atoms with van der Waals surface area (Å²) < 4.78 is 19.1. The molecule has 3 heterocycles. The minimum atomic E-state index is 0.908. The lowest BCUT2D eigenvalue weighted by atomic mass is 9.84. The van der Waals surface area contributed by atoms with E-state index in [2.05, 4.69) is 462 Å². The third-order valence-corrected chi connectivity index (χ3v) is 26.5. The van der Waals surface area contributed by atoms with Crippen molar-refractivity contribution in [3.63, 3.8) is 0 Å². The summed E-state index contributed by atoms with van der Waals surface area (Å²) in [5.41, 5.74) is 26.5. The van der Waals surface area contributed by atoms with E-state index in [1.54, 1.807) is 0 Å². The van der Waals surface area contributed by atoms with Crippen molar-refractivity contribution in [2.24, 2.45) is 0 Å². The molecule has 0 fully saturated rings. The highest BCUT2D eigenvalue weighted by Gasteiger charge is 2.25. The smallest absolute Gasteiger partial charge is 0.136 e. The van der Waals surface area contributed by atoms with E-state index in [4.69, 9.17) is 13.3 Å². The van der Waals surface area contributed by atoms with Crippen molar-refractivity contribution in [1.29, 1.82) is 0 Å². The molecule has 0 radical (unpaired) electrons. The molecule has 0 aliphatic heterocycles. The highest BCUT2D eigenvalue weighted by Crippen LogP contribution is 2.51. The average molecular weight is 1630 g/mol. The number of benzene rings is 24. The van der Waals surface area contributed by atoms with Crippen LogP contribution in [0.25, 0.3) is 263 Å².